The average Bonchev–Trinajstić information content (AvgIpc) is 2.50. The third kappa shape index (κ3) is 7.75. The van der Waals surface area contributed by atoms with E-state index in [1.54, 1.807) is 0 Å². The smallest absolute Gasteiger partial charge is 0.251 e. The van der Waals surface area contributed by atoms with Gasteiger partial charge in [-0.2, -0.15) is 0 Å². The Bertz CT molecular complexity index is 3960. The lowest BCUT2D eigenvalue weighted by atomic mass is 9.33. The number of benzene rings is 11. The molecule has 3 nitrogen and oxygen atoms in total. The first-order valence-electron chi connectivity index (χ1n) is 29.0. The molecule has 6 heteroatoms. The topological polar surface area (TPSA) is 15.7 Å². The van der Waals surface area contributed by atoms with Crippen molar-refractivity contribution >= 4 is 115 Å². The number of rotatable bonds is 10. The van der Waals surface area contributed by atoms with Crippen LogP contribution in [0, 0.1) is 0 Å². The fourth-order valence-corrected chi connectivity index (χ4v) is 24.5. The Morgan fingerprint density at radius 2 is 0.704 bits per heavy atom. The van der Waals surface area contributed by atoms with Gasteiger partial charge in [0.15, 0.2) is 16.1 Å². The number of ether oxygens (including phenoxy) is 1. The van der Waals surface area contributed by atoms with E-state index in [9.17, 15) is 0 Å². The van der Waals surface area contributed by atoms with Gasteiger partial charge in [-0.15, -0.1) is 0 Å². The molecule has 3 aliphatic heterocycles. The van der Waals surface area contributed by atoms with Gasteiger partial charge in [0.05, 0.1) is 5.69 Å². The molecule has 0 N–H and O–H groups in total. The largest absolute Gasteiger partial charge is 0.456 e. The lowest BCUT2D eigenvalue weighted by molar-refractivity contribution is 0.488. The molecule has 3 heterocycles. The van der Waals surface area contributed by atoms with Gasteiger partial charge in [0.2, 0.25) is 0 Å². The Kier molecular flexibility index (Phi) is 12.6. The van der Waals surface area contributed by atoms with Crippen LogP contribution < -0.4 is 72.4 Å². The summed E-state index contributed by atoms with van der Waals surface area (Å²) in [7, 11) is -5.73. The average molecular weight is 1080 g/mol. The van der Waals surface area contributed by atoms with E-state index in [0.29, 0.717) is 5.92 Å². The Labute approximate surface area is 480 Å². The minimum absolute atomic E-state index is 0.122. The van der Waals surface area contributed by atoms with Crippen molar-refractivity contribution in [1.29, 1.82) is 0 Å². The van der Waals surface area contributed by atoms with Crippen molar-refractivity contribution in [2.45, 2.75) is 59.3 Å². The number of nitrogens with zero attached hydrogens (tertiary/aromatic N) is 2. The highest BCUT2D eigenvalue weighted by atomic mass is 28.3. The van der Waals surface area contributed by atoms with E-state index in [0.717, 1.165) is 22.9 Å². The number of anilines is 6. The summed E-state index contributed by atoms with van der Waals surface area (Å²) in [6, 6.07) is 101. The quantitative estimate of drug-likeness (QED) is 0.127. The molecule has 11 aromatic rings. The van der Waals surface area contributed by atoms with Crippen molar-refractivity contribution in [2.75, 3.05) is 9.80 Å². The Hall–Kier alpha value is -8.68. The second kappa shape index (κ2) is 20.1. The van der Waals surface area contributed by atoms with Crippen molar-refractivity contribution in [1.82, 2.24) is 0 Å². The van der Waals surface area contributed by atoms with Gasteiger partial charge in [0, 0.05) is 34.5 Å². The van der Waals surface area contributed by atoms with E-state index < -0.39 is 16.1 Å². The minimum atomic E-state index is -2.89. The maximum atomic E-state index is 7.87. The second-order valence-electron chi connectivity index (χ2n) is 23.2. The molecule has 0 radical (unpaired) electrons. The lowest BCUT2D eigenvalue weighted by Gasteiger charge is -2.46. The van der Waals surface area contributed by atoms with Crippen molar-refractivity contribution < 1.29 is 4.74 Å². The number of fused-ring (bicyclic) bond motifs is 6. The van der Waals surface area contributed by atoms with Crippen LogP contribution in [0.15, 0.2) is 267 Å². The molecule has 81 heavy (non-hydrogen) atoms. The second-order valence-corrected chi connectivity index (χ2v) is 30.7. The highest BCUT2D eigenvalue weighted by Crippen LogP contribution is 2.46. The number of hydrogen-bond acceptors (Lipinski definition) is 3. The molecule has 3 aliphatic rings. The highest BCUT2D eigenvalue weighted by molar-refractivity contribution is 7.22. The molecule has 0 fully saturated rings. The Morgan fingerprint density at radius 1 is 0.333 bits per heavy atom. The fourth-order valence-electron chi connectivity index (χ4n) is 14.3. The molecule has 392 valence electrons. The van der Waals surface area contributed by atoms with Crippen LogP contribution in [0.4, 0.5) is 34.1 Å². The van der Waals surface area contributed by atoms with Crippen molar-refractivity contribution in [3.63, 3.8) is 0 Å². The summed E-state index contributed by atoms with van der Waals surface area (Å²) < 4.78 is 7.87. The van der Waals surface area contributed by atoms with Gasteiger partial charge in [0.25, 0.3) is 6.71 Å². The van der Waals surface area contributed by atoms with Crippen LogP contribution in [0.3, 0.4) is 0 Å². The summed E-state index contributed by atoms with van der Waals surface area (Å²) in [5.41, 5.74) is 14.8. The van der Waals surface area contributed by atoms with Crippen LogP contribution in [0.5, 0.6) is 11.5 Å². The molecule has 0 unspecified atom stereocenters. The van der Waals surface area contributed by atoms with E-state index in [1.807, 2.05) is 0 Å². The highest BCUT2D eigenvalue weighted by Gasteiger charge is 2.51. The summed E-state index contributed by atoms with van der Waals surface area (Å²) in [5, 5.41) is 10.9. The van der Waals surface area contributed by atoms with E-state index in [2.05, 4.69) is 318 Å². The summed E-state index contributed by atoms with van der Waals surface area (Å²) in [6.45, 7) is 14.1. The lowest BCUT2D eigenvalue weighted by Crippen LogP contribution is -2.77. The van der Waals surface area contributed by atoms with Crippen LogP contribution in [-0.2, 0) is 0 Å². The predicted molar refractivity (Wildman–Crippen MR) is 350 cm³/mol. The standard InChI is InChI=1S/C75H65BN2OSi2/c1-51(2)54-48-60(52(3)4)74(61(49-54)53(5)6)76-62-47-46-55(77-64-37-19-23-42-70(64)80(56-28-11-7-12-29-56,57-30-13-8-14-31-57)71-43-24-20-38-65(71)77)50-69(62)79-75-63(76)36-27-41-68(75)78-66-39-21-25-44-72(66)81(58-32-15-9-16-33-58,59-34-17-10-18-35-59)73-45-26-22-40-67(73)78/h7-53H,1-6H3. The molecule has 14 rings (SSSR count). The Balaban J connectivity index is 1.03. The van der Waals surface area contributed by atoms with Crippen LogP contribution >= 0.6 is 0 Å². The molecule has 0 atom stereocenters. The molecule has 0 amide bonds. The minimum Gasteiger partial charge on any atom is -0.456 e. The van der Waals surface area contributed by atoms with E-state index >= 15 is 0 Å². The molecular weight excluding hydrogens is 1010 g/mol. The molecular formula is C75H65BN2OSi2. The van der Waals surface area contributed by atoms with Gasteiger partial charge in [-0.05, 0) is 123 Å². The zero-order chi connectivity index (χ0) is 55.0. The van der Waals surface area contributed by atoms with Crippen LogP contribution in [-0.4, -0.2) is 22.9 Å². The van der Waals surface area contributed by atoms with E-state index in [4.69, 9.17) is 4.74 Å². The number of hydrogen-bond donors (Lipinski definition) is 0. The van der Waals surface area contributed by atoms with Gasteiger partial charge in [-0.25, -0.2) is 0 Å². The third-order valence-corrected chi connectivity index (χ3v) is 27.6. The van der Waals surface area contributed by atoms with Gasteiger partial charge < -0.3 is 14.5 Å². The molecule has 0 spiro atoms. The van der Waals surface area contributed by atoms with E-state index in [-0.39, 0.29) is 18.5 Å². The SMILES string of the molecule is CC(C)c1cc(C(C)C)c(B2c3ccc(N4c5ccccc5[Si](c5ccccc5)(c5ccccc5)c5ccccc54)cc3Oc3c2cccc3N2c3ccccc3[Si](c3ccccc3)(c3ccccc3)c3ccccc32)c(C(C)C)c1. The third-order valence-electron chi connectivity index (χ3n) is 17.8. The van der Waals surface area contributed by atoms with Gasteiger partial charge in [0.1, 0.15) is 11.5 Å². The zero-order valence-corrected chi connectivity index (χ0v) is 49.0. The molecule has 0 saturated heterocycles. The molecule has 0 bridgehead atoms. The van der Waals surface area contributed by atoms with Crippen LogP contribution in [0.25, 0.3) is 0 Å². The normalized spacial score (nSPS) is 14.4. The molecule has 11 aromatic carbocycles. The first kappa shape index (κ1) is 50.5. The maximum absolute atomic E-state index is 7.87. The van der Waals surface area contributed by atoms with Crippen molar-refractivity contribution in [3.05, 3.63) is 284 Å². The molecule has 0 aliphatic carbocycles. The summed E-state index contributed by atoms with van der Waals surface area (Å²) >= 11 is 0. The van der Waals surface area contributed by atoms with Crippen LogP contribution in [0.1, 0.15) is 76.0 Å². The predicted octanol–water partition coefficient (Wildman–Crippen LogP) is 12.0. The summed E-state index contributed by atoms with van der Waals surface area (Å²) in [4.78, 5) is 5.06. The van der Waals surface area contributed by atoms with Gasteiger partial charge in [-0.3, -0.25) is 0 Å². The summed E-state index contributed by atoms with van der Waals surface area (Å²) in [5.74, 6) is 2.72. The zero-order valence-electron chi connectivity index (χ0n) is 47.0. The fraction of sp³-hybridized carbons (Fsp3) is 0.120. The van der Waals surface area contributed by atoms with Gasteiger partial charge in [-0.1, -0.05) is 271 Å². The van der Waals surface area contributed by atoms with E-state index in [1.165, 1.54) is 97.3 Å². The first-order valence-corrected chi connectivity index (χ1v) is 33.0. The monoisotopic (exact) mass is 1080 g/mol. The van der Waals surface area contributed by atoms with Crippen molar-refractivity contribution in [3.8, 4) is 11.5 Å². The molecule has 0 aromatic heterocycles. The molecule has 0 saturated carbocycles. The summed E-state index contributed by atoms with van der Waals surface area (Å²) in [6.07, 6.45) is 0. The first-order chi connectivity index (χ1) is 39.7. The van der Waals surface area contributed by atoms with Crippen molar-refractivity contribution in [2.24, 2.45) is 0 Å². The maximum Gasteiger partial charge on any atom is 0.251 e. The van der Waals surface area contributed by atoms with Gasteiger partial charge >= 0.3 is 0 Å². The van der Waals surface area contributed by atoms with Crippen LogP contribution in [0.2, 0.25) is 0 Å². The Morgan fingerprint density at radius 3 is 1.10 bits per heavy atom. The number of para-hydroxylation sites is 5.